The molecule has 0 radical (unpaired) electrons. The van der Waals surface area contributed by atoms with Crippen LogP contribution in [-0.4, -0.2) is 31.7 Å². The Hall–Kier alpha value is -2.44. The lowest BCUT2D eigenvalue weighted by molar-refractivity contribution is -0.124. The van der Waals surface area contributed by atoms with E-state index in [1.165, 1.54) is 16.8 Å². The molecule has 1 N–H and O–H groups in total. The third kappa shape index (κ3) is 3.81. The summed E-state index contributed by atoms with van der Waals surface area (Å²) in [6.45, 7) is 0.190. The van der Waals surface area contributed by atoms with E-state index in [0.717, 1.165) is 16.7 Å². The van der Waals surface area contributed by atoms with Crippen molar-refractivity contribution in [3.05, 3.63) is 76.7 Å². The summed E-state index contributed by atoms with van der Waals surface area (Å²) in [6, 6.07) is 16.1. The van der Waals surface area contributed by atoms with Crippen LogP contribution in [0.1, 0.15) is 16.7 Å². The summed E-state index contributed by atoms with van der Waals surface area (Å²) in [7, 11) is -2.22. The standard InChI is InChI=1S/C19H20N2O3S/c1-20-19(22)18-13-16-9-5-6-10-17(16)14-21(18)25(23,24)12-11-15-7-3-2-4-8-15/h2-12,18H,13-14H2,1H3,(H,20,22)/b12-11-. The molecular weight excluding hydrogens is 336 g/mol. The number of amides is 1. The van der Waals surface area contributed by atoms with Crippen molar-refractivity contribution in [3.63, 3.8) is 0 Å². The average molecular weight is 356 g/mol. The topological polar surface area (TPSA) is 66.5 Å². The molecule has 1 aliphatic heterocycles. The first-order chi connectivity index (χ1) is 12.0. The van der Waals surface area contributed by atoms with Crippen molar-refractivity contribution in [2.24, 2.45) is 0 Å². The van der Waals surface area contributed by atoms with E-state index in [1.54, 1.807) is 6.08 Å². The Balaban J connectivity index is 1.94. The molecule has 0 spiro atoms. The Morgan fingerprint density at radius 2 is 1.72 bits per heavy atom. The van der Waals surface area contributed by atoms with Crippen LogP contribution in [0.25, 0.3) is 6.08 Å². The lowest BCUT2D eigenvalue weighted by Crippen LogP contribution is -2.51. The molecule has 3 rings (SSSR count). The number of nitrogens with one attached hydrogen (secondary N) is 1. The minimum absolute atomic E-state index is 0.190. The van der Waals surface area contributed by atoms with Crippen molar-refractivity contribution in [3.8, 4) is 0 Å². The van der Waals surface area contributed by atoms with Gasteiger partial charge in [0.2, 0.25) is 15.9 Å². The monoisotopic (exact) mass is 356 g/mol. The largest absolute Gasteiger partial charge is 0.358 e. The van der Waals surface area contributed by atoms with Crippen LogP contribution in [0.15, 0.2) is 60.0 Å². The van der Waals surface area contributed by atoms with Gasteiger partial charge in [-0.15, -0.1) is 0 Å². The van der Waals surface area contributed by atoms with Crippen molar-refractivity contribution in [1.82, 2.24) is 9.62 Å². The van der Waals surface area contributed by atoms with Gasteiger partial charge >= 0.3 is 0 Å². The fourth-order valence-corrected chi connectivity index (χ4v) is 4.29. The Bertz CT molecular complexity index is 892. The zero-order chi connectivity index (χ0) is 17.9. The second kappa shape index (κ2) is 7.21. The van der Waals surface area contributed by atoms with Crippen molar-refractivity contribution in [2.45, 2.75) is 19.0 Å². The van der Waals surface area contributed by atoms with E-state index >= 15 is 0 Å². The van der Waals surface area contributed by atoms with Gasteiger partial charge in [0, 0.05) is 19.0 Å². The lowest BCUT2D eigenvalue weighted by Gasteiger charge is -2.33. The van der Waals surface area contributed by atoms with Gasteiger partial charge in [0.05, 0.1) is 0 Å². The van der Waals surface area contributed by atoms with Gasteiger partial charge in [-0.05, 0) is 29.2 Å². The highest BCUT2D eigenvalue weighted by molar-refractivity contribution is 7.92. The highest BCUT2D eigenvalue weighted by Crippen LogP contribution is 2.26. The quantitative estimate of drug-likeness (QED) is 0.913. The molecule has 1 heterocycles. The Morgan fingerprint density at radius 3 is 2.40 bits per heavy atom. The third-order valence-electron chi connectivity index (χ3n) is 4.31. The maximum atomic E-state index is 12.9. The van der Waals surface area contributed by atoms with Gasteiger partial charge in [-0.25, -0.2) is 8.42 Å². The zero-order valence-corrected chi connectivity index (χ0v) is 14.7. The van der Waals surface area contributed by atoms with Crippen molar-refractivity contribution in [1.29, 1.82) is 0 Å². The first-order valence-corrected chi connectivity index (χ1v) is 9.55. The predicted molar refractivity (Wildman–Crippen MR) is 97.9 cm³/mol. The number of nitrogens with zero attached hydrogens (tertiary/aromatic N) is 1. The van der Waals surface area contributed by atoms with Crippen LogP contribution < -0.4 is 5.32 Å². The summed E-state index contributed by atoms with van der Waals surface area (Å²) >= 11 is 0. The van der Waals surface area contributed by atoms with E-state index in [4.69, 9.17) is 0 Å². The molecule has 0 saturated heterocycles. The second-order valence-corrected chi connectivity index (χ2v) is 7.68. The lowest BCUT2D eigenvalue weighted by atomic mass is 9.95. The number of likely N-dealkylation sites (N-methyl/N-ethyl adjacent to an activating group) is 1. The molecule has 0 bridgehead atoms. The van der Waals surface area contributed by atoms with Gasteiger partial charge in [0.25, 0.3) is 0 Å². The SMILES string of the molecule is CNC(=O)C1Cc2ccccc2CN1S(=O)(=O)/C=C\c1ccccc1. The van der Waals surface area contributed by atoms with Crippen LogP contribution >= 0.6 is 0 Å². The van der Waals surface area contributed by atoms with Gasteiger partial charge < -0.3 is 5.32 Å². The number of carbonyl (C=O) groups is 1. The molecule has 0 aromatic heterocycles. The molecule has 130 valence electrons. The molecular formula is C19H20N2O3S. The highest BCUT2D eigenvalue weighted by atomic mass is 32.2. The number of carbonyl (C=O) groups excluding carboxylic acids is 1. The number of rotatable bonds is 4. The maximum Gasteiger partial charge on any atom is 0.238 e. The number of benzene rings is 2. The van der Waals surface area contributed by atoms with Crippen LogP contribution in [0.5, 0.6) is 0 Å². The molecule has 6 heteroatoms. The summed E-state index contributed by atoms with van der Waals surface area (Å²) in [4.78, 5) is 12.3. The summed E-state index contributed by atoms with van der Waals surface area (Å²) in [6.07, 6.45) is 1.92. The van der Waals surface area contributed by atoms with Gasteiger partial charge in [-0.1, -0.05) is 54.6 Å². The predicted octanol–water partition coefficient (Wildman–Crippen LogP) is 2.16. The maximum absolute atomic E-state index is 12.9. The van der Waals surface area contributed by atoms with E-state index in [1.807, 2.05) is 54.6 Å². The average Bonchev–Trinajstić information content (AvgIpc) is 2.65. The van der Waals surface area contributed by atoms with Crippen LogP contribution in [0.4, 0.5) is 0 Å². The van der Waals surface area contributed by atoms with Crippen molar-refractivity contribution < 1.29 is 13.2 Å². The third-order valence-corrected chi connectivity index (χ3v) is 5.83. The first-order valence-electron chi connectivity index (χ1n) is 8.04. The van der Waals surface area contributed by atoms with Crippen LogP contribution in [0.3, 0.4) is 0 Å². The van der Waals surface area contributed by atoms with E-state index < -0.39 is 16.1 Å². The van der Waals surface area contributed by atoms with Crippen LogP contribution in [0, 0.1) is 0 Å². The Labute approximate surface area is 148 Å². The van der Waals surface area contributed by atoms with E-state index in [0.29, 0.717) is 6.42 Å². The molecule has 1 amide bonds. The summed E-state index contributed by atoms with van der Waals surface area (Å²) < 4.78 is 27.0. The molecule has 1 unspecified atom stereocenters. The van der Waals surface area contributed by atoms with E-state index in [-0.39, 0.29) is 12.5 Å². The van der Waals surface area contributed by atoms with Crippen molar-refractivity contribution >= 4 is 22.0 Å². The minimum Gasteiger partial charge on any atom is -0.358 e. The van der Waals surface area contributed by atoms with Crippen LogP contribution in [-0.2, 0) is 27.8 Å². The number of sulfonamides is 1. The second-order valence-electron chi connectivity index (χ2n) is 5.91. The molecule has 2 aromatic rings. The van der Waals surface area contributed by atoms with Crippen LogP contribution in [0.2, 0.25) is 0 Å². The number of hydrogen-bond donors (Lipinski definition) is 1. The summed E-state index contributed by atoms with van der Waals surface area (Å²) in [5.74, 6) is -0.300. The molecule has 1 aliphatic rings. The normalized spacial score (nSPS) is 18.0. The van der Waals surface area contributed by atoms with Gasteiger partial charge in [-0.3, -0.25) is 4.79 Å². The molecule has 0 fully saturated rings. The molecule has 5 nitrogen and oxygen atoms in total. The fraction of sp³-hybridized carbons (Fsp3) is 0.211. The number of fused-ring (bicyclic) bond motifs is 1. The summed E-state index contributed by atoms with van der Waals surface area (Å²) in [5.41, 5.74) is 2.73. The fourth-order valence-electron chi connectivity index (χ4n) is 2.96. The molecule has 0 aliphatic carbocycles. The minimum atomic E-state index is -3.74. The Morgan fingerprint density at radius 1 is 1.08 bits per heavy atom. The van der Waals surface area contributed by atoms with Gasteiger partial charge in [0.15, 0.2) is 0 Å². The summed E-state index contributed by atoms with van der Waals surface area (Å²) in [5, 5.41) is 3.75. The first kappa shape index (κ1) is 17.4. The van der Waals surface area contributed by atoms with E-state index in [2.05, 4.69) is 5.32 Å². The molecule has 1 atom stereocenters. The smallest absolute Gasteiger partial charge is 0.238 e. The Kier molecular flexibility index (Phi) is 5.01. The molecule has 25 heavy (non-hydrogen) atoms. The highest BCUT2D eigenvalue weighted by Gasteiger charge is 2.37. The van der Waals surface area contributed by atoms with Gasteiger partial charge in [-0.2, -0.15) is 4.31 Å². The van der Waals surface area contributed by atoms with Gasteiger partial charge in [0.1, 0.15) is 6.04 Å². The zero-order valence-electron chi connectivity index (χ0n) is 13.9. The number of hydrogen-bond acceptors (Lipinski definition) is 3. The van der Waals surface area contributed by atoms with Crippen molar-refractivity contribution in [2.75, 3.05) is 7.05 Å². The molecule has 2 aromatic carbocycles. The molecule has 0 saturated carbocycles. The van der Waals surface area contributed by atoms with E-state index in [9.17, 15) is 13.2 Å².